The molecule has 0 spiro atoms. The number of ether oxygens (including phenoxy) is 1. The Bertz CT molecular complexity index is 320. The zero-order valence-corrected chi connectivity index (χ0v) is 9.07. The quantitative estimate of drug-likeness (QED) is 0.649. The van der Waals surface area contributed by atoms with E-state index in [1.165, 1.54) is 0 Å². The molecule has 0 aromatic carbocycles. The van der Waals surface area contributed by atoms with Gasteiger partial charge in [0.2, 0.25) is 0 Å². The summed E-state index contributed by atoms with van der Waals surface area (Å²) in [5.41, 5.74) is 5.20. The van der Waals surface area contributed by atoms with E-state index < -0.39 is 32.9 Å². The minimum Gasteiger partial charge on any atom is -0.480 e. The topological polar surface area (TPSA) is 107 Å². The number of carbonyl (C=O) groups is 1. The summed E-state index contributed by atoms with van der Waals surface area (Å²) in [6.45, 7) is 0.818. The second-order valence-corrected chi connectivity index (χ2v) is 5.91. The lowest BCUT2D eigenvalue weighted by Crippen LogP contribution is -2.41. The number of rotatable bonds is 4. The third-order valence-corrected chi connectivity index (χ3v) is 4.72. The van der Waals surface area contributed by atoms with Gasteiger partial charge in [-0.15, -0.1) is 0 Å². The van der Waals surface area contributed by atoms with Gasteiger partial charge in [0.15, 0.2) is 9.84 Å². The van der Waals surface area contributed by atoms with Gasteiger partial charge in [-0.1, -0.05) is 0 Å². The van der Waals surface area contributed by atoms with Crippen molar-refractivity contribution in [1.29, 1.82) is 0 Å². The average molecular weight is 237 g/mol. The molecule has 0 aromatic heterocycles. The first-order chi connectivity index (χ1) is 6.93. The van der Waals surface area contributed by atoms with Crippen LogP contribution in [0.1, 0.15) is 12.8 Å². The van der Waals surface area contributed by atoms with E-state index in [0.717, 1.165) is 0 Å². The molecule has 15 heavy (non-hydrogen) atoms. The fraction of sp³-hybridized carbons (Fsp3) is 0.875. The summed E-state index contributed by atoms with van der Waals surface area (Å²) in [5.74, 6) is -1.78. The molecule has 0 radical (unpaired) electrons. The van der Waals surface area contributed by atoms with E-state index >= 15 is 0 Å². The average Bonchev–Trinajstić information content (AvgIpc) is 2.18. The number of carboxylic acid groups (broad SMARTS) is 1. The molecular formula is C8H15NO5S. The Morgan fingerprint density at radius 1 is 1.47 bits per heavy atom. The SMILES string of the molecule is NC(CS(=O)(=O)C1CCOCC1)C(=O)O. The highest BCUT2D eigenvalue weighted by Crippen LogP contribution is 2.16. The van der Waals surface area contributed by atoms with Gasteiger partial charge >= 0.3 is 5.97 Å². The van der Waals surface area contributed by atoms with Gasteiger partial charge in [-0.3, -0.25) is 4.79 Å². The van der Waals surface area contributed by atoms with Crippen LogP contribution in [-0.4, -0.2) is 49.8 Å². The van der Waals surface area contributed by atoms with Crippen molar-refractivity contribution < 1.29 is 23.1 Å². The summed E-state index contributed by atoms with van der Waals surface area (Å²) in [7, 11) is -3.41. The minimum atomic E-state index is -3.41. The van der Waals surface area contributed by atoms with Crippen LogP contribution in [0.5, 0.6) is 0 Å². The molecular weight excluding hydrogens is 222 g/mol. The first-order valence-corrected chi connectivity index (χ1v) is 6.42. The minimum absolute atomic E-state index is 0.409. The molecule has 3 N–H and O–H groups in total. The van der Waals surface area contributed by atoms with E-state index in [1.807, 2.05) is 0 Å². The second kappa shape index (κ2) is 4.91. The predicted octanol–water partition coefficient (Wildman–Crippen LogP) is -1.01. The second-order valence-electron chi connectivity index (χ2n) is 3.59. The molecule has 0 aromatic rings. The fourth-order valence-electron chi connectivity index (χ4n) is 1.49. The zero-order valence-electron chi connectivity index (χ0n) is 8.26. The van der Waals surface area contributed by atoms with Crippen LogP contribution in [-0.2, 0) is 19.4 Å². The number of sulfone groups is 1. The van der Waals surface area contributed by atoms with Crippen LogP contribution in [0, 0.1) is 0 Å². The Labute approximate surface area is 88.3 Å². The van der Waals surface area contributed by atoms with E-state index in [4.69, 9.17) is 15.6 Å². The lowest BCUT2D eigenvalue weighted by atomic mass is 10.2. The van der Waals surface area contributed by atoms with Crippen molar-refractivity contribution >= 4 is 15.8 Å². The molecule has 1 saturated heterocycles. The standard InChI is InChI=1S/C8H15NO5S/c9-7(8(10)11)5-15(12,13)6-1-3-14-4-2-6/h6-7H,1-5,9H2,(H,10,11). The lowest BCUT2D eigenvalue weighted by Gasteiger charge is -2.22. The Balaban J connectivity index is 2.61. The van der Waals surface area contributed by atoms with E-state index in [0.29, 0.717) is 26.1 Å². The first kappa shape index (κ1) is 12.4. The van der Waals surface area contributed by atoms with Crippen LogP contribution >= 0.6 is 0 Å². The van der Waals surface area contributed by atoms with E-state index in [2.05, 4.69) is 0 Å². The van der Waals surface area contributed by atoms with Crippen molar-refractivity contribution in [1.82, 2.24) is 0 Å². The molecule has 1 atom stereocenters. The summed E-state index contributed by atoms with van der Waals surface area (Å²) in [6.07, 6.45) is 0.851. The molecule has 1 fully saturated rings. The fourth-order valence-corrected chi connectivity index (χ4v) is 3.32. The van der Waals surface area contributed by atoms with Gasteiger partial charge in [0, 0.05) is 13.2 Å². The van der Waals surface area contributed by atoms with E-state index in [-0.39, 0.29) is 0 Å². The highest BCUT2D eigenvalue weighted by Gasteiger charge is 2.31. The molecule has 1 unspecified atom stereocenters. The van der Waals surface area contributed by atoms with Crippen LogP contribution < -0.4 is 5.73 Å². The Morgan fingerprint density at radius 3 is 2.47 bits per heavy atom. The van der Waals surface area contributed by atoms with Gasteiger partial charge in [0.1, 0.15) is 6.04 Å². The van der Waals surface area contributed by atoms with Crippen LogP contribution in [0.4, 0.5) is 0 Å². The van der Waals surface area contributed by atoms with E-state index in [9.17, 15) is 13.2 Å². The predicted molar refractivity (Wildman–Crippen MR) is 53.2 cm³/mol. The molecule has 1 aliphatic rings. The maximum Gasteiger partial charge on any atom is 0.321 e. The van der Waals surface area contributed by atoms with Crippen molar-refractivity contribution in [2.24, 2.45) is 5.73 Å². The summed E-state index contributed by atoms with van der Waals surface area (Å²) < 4.78 is 28.4. The maximum absolute atomic E-state index is 11.7. The molecule has 0 saturated carbocycles. The molecule has 1 heterocycles. The van der Waals surface area contributed by atoms with Gasteiger partial charge in [0.05, 0.1) is 11.0 Å². The summed E-state index contributed by atoms with van der Waals surface area (Å²) >= 11 is 0. The molecule has 1 rings (SSSR count). The monoisotopic (exact) mass is 237 g/mol. The van der Waals surface area contributed by atoms with Crippen LogP contribution in [0.3, 0.4) is 0 Å². The number of aliphatic carboxylic acids is 1. The molecule has 1 aliphatic heterocycles. The molecule has 0 aliphatic carbocycles. The summed E-state index contributed by atoms with van der Waals surface area (Å²) in [6, 6.07) is -1.34. The highest BCUT2D eigenvalue weighted by atomic mass is 32.2. The van der Waals surface area contributed by atoms with Gasteiger partial charge in [0.25, 0.3) is 0 Å². The summed E-state index contributed by atoms with van der Waals surface area (Å²) in [5, 5.41) is 8.03. The molecule has 7 heteroatoms. The van der Waals surface area contributed by atoms with Gasteiger partial charge in [-0.05, 0) is 12.8 Å². The lowest BCUT2D eigenvalue weighted by molar-refractivity contribution is -0.137. The number of hydrogen-bond donors (Lipinski definition) is 2. The van der Waals surface area contributed by atoms with Crippen molar-refractivity contribution in [2.45, 2.75) is 24.1 Å². The van der Waals surface area contributed by atoms with Crippen molar-refractivity contribution in [3.05, 3.63) is 0 Å². The highest BCUT2D eigenvalue weighted by molar-refractivity contribution is 7.92. The first-order valence-electron chi connectivity index (χ1n) is 4.71. The third-order valence-electron chi connectivity index (χ3n) is 2.41. The molecule has 0 amide bonds. The smallest absolute Gasteiger partial charge is 0.321 e. The summed E-state index contributed by atoms with van der Waals surface area (Å²) in [4.78, 5) is 10.4. The van der Waals surface area contributed by atoms with Gasteiger partial charge in [-0.2, -0.15) is 0 Å². The third kappa shape index (κ3) is 3.44. The van der Waals surface area contributed by atoms with Crippen molar-refractivity contribution in [3.8, 4) is 0 Å². The Hall–Kier alpha value is -0.660. The molecule has 88 valence electrons. The largest absolute Gasteiger partial charge is 0.480 e. The zero-order chi connectivity index (χ0) is 11.5. The van der Waals surface area contributed by atoms with Crippen LogP contribution in [0.25, 0.3) is 0 Å². The van der Waals surface area contributed by atoms with Crippen LogP contribution in [0.15, 0.2) is 0 Å². The molecule has 0 bridgehead atoms. The van der Waals surface area contributed by atoms with E-state index in [1.54, 1.807) is 0 Å². The Morgan fingerprint density at radius 2 is 2.00 bits per heavy atom. The van der Waals surface area contributed by atoms with Crippen molar-refractivity contribution in [2.75, 3.05) is 19.0 Å². The maximum atomic E-state index is 11.7. The Kier molecular flexibility index (Phi) is 4.06. The number of carboxylic acids is 1. The van der Waals surface area contributed by atoms with Gasteiger partial charge < -0.3 is 15.6 Å². The normalized spacial score (nSPS) is 21.1. The van der Waals surface area contributed by atoms with Gasteiger partial charge in [-0.25, -0.2) is 8.42 Å². The molecule has 6 nitrogen and oxygen atoms in total. The van der Waals surface area contributed by atoms with Crippen LogP contribution in [0.2, 0.25) is 0 Å². The number of nitrogens with two attached hydrogens (primary N) is 1. The van der Waals surface area contributed by atoms with Crippen molar-refractivity contribution in [3.63, 3.8) is 0 Å². The number of hydrogen-bond acceptors (Lipinski definition) is 5.